The number of carbonyl (C=O) groups is 2. The second-order valence-corrected chi connectivity index (χ2v) is 9.98. The van der Waals surface area contributed by atoms with E-state index < -0.39 is 22.8 Å². The third kappa shape index (κ3) is 7.88. The van der Waals surface area contributed by atoms with Crippen molar-refractivity contribution in [3.63, 3.8) is 0 Å². The van der Waals surface area contributed by atoms with Gasteiger partial charge in [0.25, 0.3) is 5.91 Å². The van der Waals surface area contributed by atoms with E-state index in [-0.39, 0.29) is 29.9 Å². The SMILES string of the molecule is CC(C)[C@@H](NC(=O)C(c1ccccc1)c1ccccc1)C(=O)N/N=C\c1ccc(OCc2ccccc2)c([N+](=O)[O-])c1. The van der Waals surface area contributed by atoms with Gasteiger partial charge in [-0.1, -0.05) is 105 Å². The van der Waals surface area contributed by atoms with Crippen molar-refractivity contribution in [1.82, 2.24) is 10.7 Å². The van der Waals surface area contributed by atoms with Gasteiger partial charge >= 0.3 is 5.69 Å². The summed E-state index contributed by atoms with van der Waals surface area (Å²) in [5.74, 6) is -1.54. The molecule has 0 aliphatic carbocycles. The number of hydrazone groups is 1. The largest absolute Gasteiger partial charge is 0.482 e. The van der Waals surface area contributed by atoms with E-state index in [1.807, 2.05) is 105 Å². The summed E-state index contributed by atoms with van der Waals surface area (Å²) in [7, 11) is 0. The molecule has 0 bridgehead atoms. The maximum atomic E-state index is 13.5. The van der Waals surface area contributed by atoms with Crippen LogP contribution in [0.1, 0.15) is 42.0 Å². The molecule has 0 aliphatic rings. The summed E-state index contributed by atoms with van der Waals surface area (Å²) in [5.41, 5.74) is 5.13. The second-order valence-electron chi connectivity index (χ2n) is 9.98. The summed E-state index contributed by atoms with van der Waals surface area (Å²) >= 11 is 0. The van der Waals surface area contributed by atoms with Gasteiger partial charge in [0.2, 0.25) is 5.91 Å². The molecule has 0 aromatic heterocycles. The molecule has 4 rings (SSSR count). The first-order chi connectivity index (χ1) is 20.3. The van der Waals surface area contributed by atoms with Crippen LogP contribution in [-0.4, -0.2) is 29.0 Å². The lowest BCUT2D eigenvalue weighted by molar-refractivity contribution is -0.385. The van der Waals surface area contributed by atoms with Crippen LogP contribution < -0.4 is 15.5 Å². The van der Waals surface area contributed by atoms with Gasteiger partial charge in [0.05, 0.1) is 17.1 Å². The highest BCUT2D eigenvalue weighted by atomic mass is 16.6. The predicted octanol–water partition coefficient (Wildman–Crippen LogP) is 5.60. The van der Waals surface area contributed by atoms with Crippen molar-refractivity contribution in [2.24, 2.45) is 11.0 Å². The monoisotopic (exact) mass is 564 g/mol. The van der Waals surface area contributed by atoms with Gasteiger partial charge in [-0.2, -0.15) is 5.10 Å². The molecule has 0 saturated carbocycles. The van der Waals surface area contributed by atoms with Gasteiger partial charge in [-0.15, -0.1) is 0 Å². The molecule has 2 amide bonds. The van der Waals surface area contributed by atoms with Crippen molar-refractivity contribution in [3.05, 3.63) is 142 Å². The average molecular weight is 565 g/mol. The maximum absolute atomic E-state index is 13.5. The smallest absolute Gasteiger partial charge is 0.311 e. The van der Waals surface area contributed by atoms with E-state index in [0.29, 0.717) is 5.56 Å². The van der Waals surface area contributed by atoms with Crippen molar-refractivity contribution < 1.29 is 19.2 Å². The van der Waals surface area contributed by atoms with Crippen molar-refractivity contribution >= 4 is 23.7 Å². The Kier molecular flexibility index (Phi) is 10.1. The van der Waals surface area contributed by atoms with E-state index in [2.05, 4.69) is 15.8 Å². The van der Waals surface area contributed by atoms with Crippen molar-refractivity contribution in [1.29, 1.82) is 0 Å². The number of rotatable bonds is 12. The van der Waals surface area contributed by atoms with Crippen LogP contribution in [0.3, 0.4) is 0 Å². The Hall–Kier alpha value is -5.31. The Bertz CT molecular complexity index is 1490. The number of amides is 2. The van der Waals surface area contributed by atoms with Crippen molar-refractivity contribution in [2.75, 3.05) is 0 Å². The van der Waals surface area contributed by atoms with Crippen LogP contribution in [-0.2, 0) is 16.2 Å². The van der Waals surface area contributed by atoms with Gasteiger partial charge < -0.3 is 10.1 Å². The normalized spacial score (nSPS) is 11.8. The van der Waals surface area contributed by atoms with Gasteiger partial charge in [-0.05, 0) is 34.7 Å². The second kappa shape index (κ2) is 14.4. The molecule has 214 valence electrons. The number of benzene rings is 4. The fourth-order valence-electron chi connectivity index (χ4n) is 4.41. The Morgan fingerprint density at radius 3 is 1.98 bits per heavy atom. The van der Waals surface area contributed by atoms with Crippen LogP contribution in [0.15, 0.2) is 114 Å². The fraction of sp³-hybridized carbons (Fsp3) is 0.182. The van der Waals surface area contributed by atoms with Crippen LogP contribution in [0.5, 0.6) is 5.75 Å². The number of hydrogen-bond donors (Lipinski definition) is 2. The number of nitro groups is 1. The van der Waals surface area contributed by atoms with Crippen LogP contribution in [0.2, 0.25) is 0 Å². The number of nitrogens with one attached hydrogen (secondary N) is 2. The first kappa shape index (κ1) is 29.7. The van der Waals surface area contributed by atoms with Gasteiger partial charge in [0.1, 0.15) is 12.6 Å². The minimum Gasteiger partial charge on any atom is -0.482 e. The summed E-state index contributed by atoms with van der Waals surface area (Å²) in [6.45, 7) is 3.83. The van der Waals surface area contributed by atoms with Crippen LogP contribution >= 0.6 is 0 Å². The number of nitrogens with zero attached hydrogens (tertiary/aromatic N) is 2. The minimum atomic E-state index is -0.868. The maximum Gasteiger partial charge on any atom is 0.311 e. The van der Waals surface area contributed by atoms with Crippen molar-refractivity contribution in [3.8, 4) is 5.75 Å². The van der Waals surface area contributed by atoms with Gasteiger partial charge in [-0.25, -0.2) is 5.43 Å². The molecule has 9 nitrogen and oxygen atoms in total. The summed E-state index contributed by atoms with van der Waals surface area (Å²) in [6.07, 6.45) is 1.31. The zero-order valence-electron chi connectivity index (χ0n) is 23.3. The van der Waals surface area contributed by atoms with E-state index in [1.165, 1.54) is 18.3 Å². The standard InChI is InChI=1S/C33H32N4O5/c1-23(2)31(35-32(38)30(26-14-8-4-9-15-26)27-16-10-5-11-17-27)33(39)36-34-21-25-18-19-29(28(20-25)37(40)41)42-22-24-12-6-3-7-13-24/h3-21,23,30-31H,22H2,1-2H3,(H,35,38)(H,36,39)/b34-21-/t31-/m1/s1. The van der Waals surface area contributed by atoms with Crippen LogP contribution in [0.25, 0.3) is 0 Å². The Labute approximate surface area is 244 Å². The first-order valence-electron chi connectivity index (χ1n) is 13.5. The molecule has 1 atom stereocenters. The molecule has 4 aromatic carbocycles. The number of hydrogen-bond acceptors (Lipinski definition) is 6. The molecule has 0 fully saturated rings. The van der Waals surface area contributed by atoms with E-state index in [1.54, 1.807) is 6.07 Å². The highest BCUT2D eigenvalue weighted by molar-refractivity contribution is 5.93. The number of carbonyl (C=O) groups excluding carboxylic acids is 2. The van der Waals surface area contributed by atoms with Crippen molar-refractivity contribution in [2.45, 2.75) is 32.4 Å². The first-order valence-corrected chi connectivity index (χ1v) is 13.5. The number of nitro benzene ring substituents is 1. The lowest BCUT2D eigenvalue weighted by atomic mass is 9.89. The summed E-state index contributed by atoms with van der Waals surface area (Å²) in [6, 6.07) is 31.6. The molecule has 0 saturated heterocycles. The zero-order valence-corrected chi connectivity index (χ0v) is 23.3. The van der Waals surface area contributed by atoms with Gasteiger partial charge in [-0.3, -0.25) is 19.7 Å². The Balaban J connectivity index is 1.44. The topological polar surface area (TPSA) is 123 Å². The molecule has 0 heterocycles. The molecule has 9 heteroatoms. The molecule has 4 aromatic rings. The molecule has 0 spiro atoms. The summed E-state index contributed by atoms with van der Waals surface area (Å²) < 4.78 is 5.66. The summed E-state index contributed by atoms with van der Waals surface area (Å²) in [4.78, 5) is 37.8. The van der Waals surface area contributed by atoms with E-state index >= 15 is 0 Å². The third-order valence-electron chi connectivity index (χ3n) is 6.58. The van der Waals surface area contributed by atoms with E-state index in [9.17, 15) is 19.7 Å². The lowest BCUT2D eigenvalue weighted by Gasteiger charge is -2.24. The third-order valence-corrected chi connectivity index (χ3v) is 6.58. The predicted molar refractivity (Wildman–Crippen MR) is 161 cm³/mol. The zero-order chi connectivity index (χ0) is 29.9. The molecule has 42 heavy (non-hydrogen) atoms. The summed E-state index contributed by atoms with van der Waals surface area (Å²) in [5, 5.41) is 18.6. The Morgan fingerprint density at radius 2 is 1.43 bits per heavy atom. The van der Waals surface area contributed by atoms with Crippen LogP contribution in [0.4, 0.5) is 5.69 Å². The lowest BCUT2D eigenvalue weighted by Crippen LogP contribution is -2.50. The molecular formula is C33H32N4O5. The van der Waals surface area contributed by atoms with E-state index in [0.717, 1.165) is 16.7 Å². The van der Waals surface area contributed by atoms with E-state index in [4.69, 9.17) is 4.74 Å². The highest BCUT2D eigenvalue weighted by Crippen LogP contribution is 2.28. The average Bonchev–Trinajstić information content (AvgIpc) is 3.00. The molecular weight excluding hydrogens is 532 g/mol. The minimum absolute atomic E-state index is 0.124. The molecule has 0 aliphatic heterocycles. The van der Waals surface area contributed by atoms with Gasteiger partial charge in [0.15, 0.2) is 5.75 Å². The van der Waals surface area contributed by atoms with Gasteiger partial charge in [0, 0.05) is 11.6 Å². The Morgan fingerprint density at radius 1 is 0.857 bits per heavy atom. The fourth-order valence-corrected chi connectivity index (χ4v) is 4.41. The highest BCUT2D eigenvalue weighted by Gasteiger charge is 2.29. The quantitative estimate of drug-likeness (QED) is 0.132. The van der Waals surface area contributed by atoms with Crippen LogP contribution in [0, 0.1) is 16.0 Å². The molecule has 0 radical (unpaired) electrons. The number of ether oxygens (including phenoxy) is 1. The molecule has 2 N–H and O–H groups in total. The molecule has 0 unspecified atom stereocenters.